The Balaban J connectivity index is 3.31. The molecule has 0 saturated carbocycles. The van der Waals surface area contributed by atoms with Crippen molar-refractivity contribution in [1.29, 1.82) is 0 Å². The summed E-state index contributed by atoms with van der Waals surface area (Å²) in [6.07, 6.45) is 2.21. The largest absolute Gasteiger partial charge is 0.466 e. The van der Waals surface area contributed by atoms with Crippen LogP contribution in [0.4, 0.5) is 0 Å². The second-order valence-corrected chi connectivity index (χ2v) is 2.81. The van der Waals surface area contributed by atoms with Crippen LogP contribution in [0.3, 0.4) is 0 Å². The van der Waals surface area contributed by atoms with Crippen LogP contribution in [-0.4, -0.2) is 25.8 Å². The predicted molar refractivity (Wildman–Crippen MR) is 47.0 cm³/mol. The van der Waals surface area contributed by atoms with Gasteiger partial charge in [0.05, 0.1) is 12.7 Å². The van der Waals surface area contributed by atoms with Crippen LogP contribution in [0, 0.1) is 0 Å². The van der Waals surface area contributed by atoms with Crippen molar-refractivity contribution in [2.45, 2.75) is 39.2 Å². The first kappa shape index (κ1) is 11.4. The molecule has 3 nitrogen and oxygen atoms in total. The average molecular weight is 174 g/mol. The number of methoxy groups -OCH3 is 1. The van der Waals surface area contributed by atoms with E-state index in [1.165, 1.54) is 0 Å². The number of ether oxygens (including phenoxy) is 2. The molecule has 0 aliphatic heterocycles. The van der Waals surface area contributed by atoms with Crippen molar-refractivity contribution >= 4 is 5.97 Å². The van der Waals surface area contributed by atoms with Gasteiger partial charge in [-0.15, -0.1) is 0 Å². The van der Waals surface area contributed by atoms with Gasteiger partial charge < -0.3 is 9.47 Å². The molecule has 0 spiro atoms. The highest BCUT2D eigenvalue weighted by Gasteiger charge is 2.05. The zero-order valence-corrected chi connectivity index (χ0v) is 8.13. The summed E-state index contributed by atoms with van der Waals surface area (Å²) in [6.45, 7) is 4.44. The first-order valence-corrected chi connectivity index (χ1v) is 4.39. The Hall–Kier alpha value is -0.570. The van der Waals surface area contributed by atoms with Crippen LogP contribution in [0.25, 0.3) is 0 Å². The number of hydrogen-bond acceptors (Lipinski definition) is 3. The Morgan fingerprint density at radius 2 is 2.17 bits per heavy atom. The Labute approximate surface area is 74.0 Å². The number of hydrogen-bond donors (Lipinski definition) is 0. The van der Waals surface area contributed by atoms with E-state index in [1.807, 2.05) is 13.8 Å². The number of carbonyl (C=O) groups is 1. The van der Waals surface area contributed by atoms with E-state index < -0.39 is 0 Å². The Kier molecular flexibility index (Phi) is 6.76. The SMILES string of the molecule is CCCOC(=O)CCC(C)OC. The summed E-state index contributed by atoms with van der Waals surface area (Å²) in [5, 5.41) is 0. The lowest BCUT2D eigenvalue weighted by molar-refractivity contribution is -0.144. The summed E-state index contributed by atoms with van der Waals surface area (Å²) in [5.74, 6) is -0.124. The van der Waals surface area contributed by atoms with E-state index in [2.05, 4.69) is 0 Å². The fourth-order valence-electron chi connectivity index (χ4n) is 0.727. The van der Waals surface area contributed by atoms with Crippen LogP contribution in [0.1, 0.15) is 33.1 Å². The van der Waals surface area contributed by atoms with Gasteiger partial charge in [-0.2, -0.15) is 0 Å². The second kappa shape index (κ2) is 7.10. The first-order valence-electron chi connectivity index (χ1n) is 4.39. The molecule has 12 heavy (non-hydrogen) atoms. The summed E-state index contributed by atoms with van der Waals surface area (Å²) in [4.78, 5) is 10.9. The van der Waals surface area contributed by atoms with Gasteiger partial charge in [-0.1, -0.05) is 6.92 Å². The van der Waals surface area contributed by atoms with Gasteiger partial charge in [0.25, 0.3) is 0 Å². The quantitative estimate of drug-likeness (QED) is 0.575. The number of esters is 1. The molecule has 0 aromatic carbocycles. The van der Waals surface area contributed by atoms with Gasteiger partial charge in [-0.3, -0.25) is 4.79 Å². The average Bonchev–Trinajstić information content (AvgIpc) is 2.10. The van der Waals surface area contributed by atoms with E-state index >= 15 is 0 Å². The van der Waals surface area contributed by atoms with Gasteiger partial charge in [0.1, 0.15) is 0 Å². The smallest absolute Gasteiger partial charge is 0.305 e. The molecule has 0 aliphatic rings. The summed E-state index contributed by atoms with van der Waals surface area (Å²) in [5.41, 5.74) is 0. The third-order valence-corrected chi connectivity index (χ3v) is 1.62. The van der Waals surface area contributed by atoms with Crippen molar-refractivity contribution < 1.29 is 14.3 Å². The molecule has 0 heterocycles. The van der Waals surface area contributed by atoms with Crippen LogP contribution < -0.4 is 0 Å². The van der Waals surface area contributed by atoms with E-state index in [1.54, 1.807) is 7.11 Å². The zero-order chi connectivity index (χ0) is 9.40. The van der Waals surface area contributed by atoms with E-state index in [4.69, 9.17) is 9.47 Å². The van der Waals surface area contributed by atoms with Crippen molar-refractivity contribution in [2.75, 3.05) is 13.7 Å². The van der Waals surface area contributed by atoms with Crippen molar-refractivity contribution in [3.05, 3.63) is 0 Å². The Morgan fingerprint density at radius 3 is 2.67 bits per heavy atom. The normalized spacial score (nSPS) is 12.6. The molecule has 3 heteroatoms. The van der Waals surface area contributed by atoms with Crippen LogP contribution in [0.15, 0.2) is 0 Å². The van der Waals surface area contributed by atoms with Gasteiger partial charge in [-0.25, -0.2) is 0 Å². The molecule has 0 N–H and O–H groups in total. The highest BCUT2D eigenvalue weighted by Crippen LogP contribution is 2.01. The third kappa shape index (κ3) is 6.16. The second-order valence-electron chi connectivity index (χ2n) is 2.81. The molecule has 0 aliphatic carbocycles. The van der Waals surface area contributed by atoms with Crippen molar-refractivity contribution in [2.24, 2.45) is 0 Å². The molecular weight excluding hydrogens is 156 g/mol. The lowest BCUT2D eigenvalue weighted by Crippen LogP contribution is -2.11. The molecule has 0 aromatic heterocycles. The minimum atomic E-state index is -0.124. The molecule has 72 valence electrons. The topological polar surface area (TPSA) is 35.5 Å². The molecular formula is C9H18O3. The summed E-state index contributed by atoms with van der Waals surface area (Å²) >= 11 is 0. The van der Waals surface area contributed by atoms with E-state index in [-0.39, 0.29) is 12.1 Å². The third-order valence-electron chi connectivity index (χ3n) is 1.62. The van der Waals surface area contributed by atoms with Crippen LogP contribution in [0.2, 0.25) is 0 Å². The van der Waals surface area contributed by atoms with E-state index in [9.17, 15) is 4.79 Å². The van der Waals surface area contributed by atoms with Crippen molar-refractivity contribution in [3.63, 3.8) is 0 Å². The molecule has 0 aromatic rings. The Bertz CT molecular complexity index is 123. The van der Waals surface area contributed by atoms with Gasteiger partial charge in [-0.05, 0) is 19.8 Å². The Morgan fingerprint density at radius 1 is 1.50 bits per heavy atom. The molecule has 1 atom stereocenters. The summed E-state index contributed by atoms with van der Waals surface area (Å²) in [6, 6.07) is 0. The van der Waals surface area contributed by atoms with Gasteiger partial charge >= 0.3 is 5.97 Å². The predicted octanol–water partition coefficient (Wildman–Crippen LogP) is 1.75. The first-order chi connectivity index (χ1) is 5.70. The van der Waals surface area contributed by atoms with Crippen molar-refractivity contribution in [3.8, 4) is 0 Å². The monoisotopic (exact) mass is 174 g/mol. The highest BCUT2D eigenvalue weighted by atomic mass is 16.5. The summed E-state index contributed by atoms with van der Waals surface area (Å²) < 4.78 is 9.89. The van der Waals surface area contributed by atoms with Crippen LogP contribution in [0.5, 0.6) is 0 Å². The van der Waals surface area contributed by atoms with Crippen LogP contribution >= 0.6 is 0 Å². The van der Waals surface area contributed by atoms with Gasteiger partial charge in [0.15, 0.2) is 0 Å². The molecule has 1 unspecified atom stereocenters. The standard InChI is InChI=1S/C9H18O3/c1-4-7-12-9(10)6-5-8(2)11-3/h8H,4-7H2,1-3H3. The van der Waals surface area contributed by atoms with Gasteiger partial charge in [0, 0.05) is 13.5 Å². The van der Waals surface area contributed by atoms with E-state index in [0.29, 0.717) is 13.0 Å². The lowest BCUT2D eigenvalue weighted by Gasteiger charge is -2.08. The molecule has 0 bridgehead atoms. The molecule has 0 fully saturated rings. The van der Waals surface area contributed by atoms with Crippen molar-refractivity contribution in [1.82, 2.24) is 0 Å². The highest BCUT2D eigenvalue weighted by molar-refractivity contribution is 5.69. The molecule has 0 rings (SSSR count). The summed E-state index contributed by atoms with van der Waals surface area (Å²) in [7, 11) is 1.64. The zero-order valence-electron chi connectivity index (χ0n) is 8.13. The minimum Gasteiger partial charge on any atom is -0.466 e. The minimum absolute atomic E-state index is 0.124. The van der Waals surface area contributed by atoms with Crippen LogP contribution in [-0.2, 0) is 14.3 Å². The maximum atomic E-state index is 10.9. The molecule has 0 radical (unpaired) electrons. The number of carbonyl (C=O) groups excluding carboxylic acids is 1. The lowest BCUT2D eigenvalue weighted by atomic mass is 10.2. The maximum Gasteiger partial charge on any atom is 0.305 e. The molecule has 0 saturated heterocycles. The van der Waals surface area contributed by atoms with E-state index in [0.717, 1.165) is 12.8 Å². The fraction of sp³-hybridized carbons (Fsp3) is 0.889. The molecule has 0 amide bonds. The maximum absolute atomic E-state index is 10.9. The fourth-order valence-corrected chi connectivity index (χ4v) is 0.727. The van der Waals surface area contributed by atoms with Gasteiger partial charge in [0.2, 0.25) is 0 Å². The number of rotatable bonds is 6.